The molecule has 0 aliphatic carbocycles. The van der Waals surface area contributed by atoms with Crippen molar-refractivity contribution in [3.8, 4) is 11.4 Å². The van der Waals surface area contributed by atoms with Gasteiger partial charge in [-0.05, 0) is 25.1 Å². The molecule has 1 aliphatic heterocycles. The van der Waals surface area contributed by atoms with E-state index in [1.54, 1.807) is 46.5 Å². The van der Waals surface area contributed by atoms with Crippen LogP contribution in [0.25, 0.3) is 22.4 Å². The number of aromatic nitrogens is 3. The first-order valence-corrected chi connectivity index (χ1v) is 10.6. The van der Waals surface area contributed by atoms with E-state index in [0.717, 1.165) is 11.3 Å². The molecule has 32 heavy (non-hydrogen) atoms. The number of halogens is 1. The summed E-state index contributed by atoms with van der Waals surface area (Å²) in [5.41, 5.74) is 2.95. The second-order valence-electron chi connectivity index (χ2n) is 8.09. The molecule has 0 saturated carbocycles. The van der Waals surface area contributed by atoms with Crippen molar-refractivity contribution >= 4 is 16.7 Å². The molecule has 1 aliphatic rings. The highest BCUT2D eigenvalue weighted by Gasteiger charge is 2.25. The summed E-state index contributed by atoms with van der Waals surface area (Å²) in [7, 11) is 4.90. The monoisotopic (exact) mass is 444 g/mol. The molecule has 172 valence electrons. The standard InChI is InChI=1S/C23H29FN4O4/c1-15-9-16(12-26(2)23(15)29)22-25-20-11-17(27-5-7-32-8-6-27)10-19(24)21(20)28(22)18(13-30-3)14-31-4/h9-12,18H,5-8,13-14H2,1-4H3. The Balaban J connectivity index is 1.95. The fourth-order valence-corrected chi connectivity index (χ4v) is 4.31. The van der Waals surface area contributed by atoms with Crippen LogP contribution in [0.15, 0.2) is 29.2 Å². The Labute approximate surface area is 186 Å². The van der Waals surface area contributed by atoms with Crippen molar-refractivity contribution < 1.29 is 18.6 Å². The second-order valence-corrected chi connectivity index (χ2v) is 8.09. The van der Waals surface area contributed by atoms with Gasteiger partial charge in [0.2, 0.25) is 0 Å². The minimum atomic E-state index is -0.360. The Hall–Kier alpha value is -2.75. The molecule has 9 heteroatoms. The highest BCUT2D eigenvalue weighted by molar-refractivity contribution is 5.85. The second kappa shape index (κ2) is 9.40. The van der Waals surface area contributed by atoms with Gasteiger partial charge in [0.1, 0.15) is 11.3 Å². The van der Waals surface area contributed by atoms with E-state index in [1.807, 2.05) is 10.6 Å². The van der Waals surface area contributed by atoms with Gasteiger partial charge in [0.15, 0.2) is 5.82 Å². The molecule has 0 unspecified atom stereocenters. The molecule has 0 atom stereocenters. The normalized spacial score (nSPS) is 14.6. The van der Waals surface area contributed by atoms with E-state index in [1.165, 1.54) is 4.57 Å². The van der Waals surface area contributed by atoms with Gasteiger partial charge in [-0.15, -0.1) is 0 Å². The van der Waals surface area contributed by atoms with E-state index in [9.17, 15) is 4.79 Å². The van der Waals surface area contributed by atoms with Crippen LogP contribution in [0.3, 0.4) is 0 Å². The Kier molecular flexibility index (Phi) is 6.59. The van der Waals surface area contributed by atoms with Crippen LogP contribution in [-0.2, 0) is 21.3 Å². The molecule has 0 N–H and O–H groups in total. The summed E-state index contributed by atoms with van der Waals surface area (Å²) in [6, 6.07) is 4.96. The lowest BCUT2D eigenvalue weighted by Gasteiger charge is -2.29. The molecule has 1 saturated heterocycles. The van der Waals surface area contributed by atoms with Crippen LogP contribution in [0.5, 0.6) is 0 Å². The van der Waals surface area contributed by atoms with Crippen molar-refractivity contribution in [3.05, 3.63) is 46.1 Å². The van der Waals surface area contributed by atoms with Crippen LogP contribution < -0.4 is 10.5 Å². The molecule has 4 rings (SSSR count). The number of aryl methyl sites for hydroxylation is 2. The number of imidazole rings is 1. The number of pyridine rings is 1. The third kappa shape index (κ3) is 4.15. The zero-order chi connectivity index (χ0) is 22.8. The van der Waals surface area contributed by atoms with E-state index in [2.05, 4.69) is 4.90 Å². The summed E-state index contributed by atoms with van der Waals surface area (Å²) in [5, 5.41) is 0. The molecule has 0 radical (unpaired) electrons. The average molecular weight is 445 g/mol. The molecule has 2 aromatic heterocycles. The Bertz CT molecular complexity index is 1130. The van der Waals surface area contributed by atoms with Crippen molar-refractivity contribution in [1.29, 1.82) is 0 Å². The first-order chi connectivity index (χ1) is 15.4. The van der Waals surface area contributed by atoms with Crippen molar-refractivity contribution in [2.75, 3.05) is 58.6 Å². The van der Waals surface area contributed by atoms with Crippen molar-refractivity contribution in [2.24, 2.45) is 7.05 Å². The van der Waals surface area contributed by atoms with Gasteiger partial charge in [-0.1, -0.05) is 0 Å². The fourth-order valence-electron chi connectivity index (χ4n) is 4.31. The summed E-state index contributed by atoms with van der Waals surface area (Å²) >= 11 is 0. The van der Waals surface area contributed by atoms with Crippen LogP contribution in [0.2, 0.25) is 0 Å². The molecule has 3 aromatic rings. The number of fused-ring (bicyclic) bond motifs is 1. The number of nitrogens with zero attached hydrogens (tertiary/aromatic N) is 4. The van der Waals surface area contributed by atoms with Crippen molar-refractivity contribution in [2.45, 2.75) is 13.0 Å². The van der Waals surface area contributed by atoms with Gasteiger partial charge in [0.25, 0.3) is 5.56 Å². The van der Waals surface area contributed by atoms with Gasteiger partial charge >= 0.3 is 0 Å². The number of methoxy groups -OCH3 is 2. The van der Waals surface area contributed by atoms with Crippen molar-refractivity contribution in [3.63, 3.8) is 0 Å². The van der Waals surface area contributed by atoms with Crippen LogP contribution in [-0.4, -0.2) is 67.9 Å². The Morgan fingerprint density at radius 2 is 1.84 bits per heavy atom. The lowest BCUT2D eigenvalue weighted by Crippen LogP contribution is -2.36. The molecule has 1 aromatic carbocycles. The van der Waals surface area contributed by atoms with E-state index in [0.29, 0.717) is 61.9 Å². The Morgan fingerprint density at radius 3 is 2.47 bits per heavy atom. The summed E-state index contributed by atoms with van der Waals surface area (Å²) < 4.78 is 35.2. The highest BCUT2D eigenvalue weighted by atomic mass is 19.1. The van der Waals surface area contributed by atoms with Crippen LogP contribution in [0.4, 0.5) is 10.1 Å². The number of anilines is 1. The third-order valence-corrected chi connectivity index (χ3v) is 5.80. The average Bonchev–Trinajstić information content (AvgIpc) is 3.17. The van der Waals surface area contributed by atoms with Crippen LogP contribution in [0, 0.1) is 12.7 Å². The van der Waals surface area contributed by atoms with Gasteiger partial charge in [0.05, 0.1) is 38.0 Å². The lowest BCUT2D eigenvalue weighted by atomic mass is 10.2. The lowest BCUT2D eigenvalue weighted by molar-refractivity contribution is 0.0916. The van der Waals surface area contributed by atoms with E-state index >= 15 is 4.39 Å². The Morgan fingerprint density at radius 1 is 1.16 bits per heavy atom. The topological polar surface area (TPSA) is 70.8 Å². The number of benzene rings is 1. The summed E-state index contributed by atoms with van der Waals surface area (Å²) in [6.45, 7) is 5.03. The zero-order valence-electron chi connectivity index (χ0n) is 18.9. The molecule has 0 spiro atoms. The quantitative estimate of drug-likeness (QED) is 0.558. The summed E-state index contributed by atoms with van der Waals surface area (Å²) in [6.07, 6.45) is 1.73. The van der Waals surface area contributed by atoms with Gasteiger partial charge < -0.3 is 28.2 Å². The minimum Gasteiger partial charge on any atom is -0.382 e. The predicted molar refractivity (Wildman–Crippen MR) is 121 cm³/mol. The van der Waals surface area contributed by atoms with E-state index in [4.69, 9.17) is 19.2 Å². The number of hydrogen-bond acceptors (Lipinski definition) is 6. The first-order valence-electron chi connectivity index (χ1n) is 10.6. The smallest absolute Gasteiger partial charge is 0.253 e. The minimum absolute atomic E-state index is 0.0810. The summed E-state index contributed by atoms with van der Waals surface area (Å²) in [4.78, 5) is 19.2. The first kappa shape index (κ1) is 22.4. The van der Waals surface area contributed by atoms with E-state index in [-0.39, 0.29) is 17.4 Å². The molecular formula is C23H29FN4O4. The van der Waals surface area contributed by atoms with Gasteiger partial charge in [-0.25, -0.2) is 9.37 Å². The SMILES string of the molecule is COCC(COC)n1c(-c2cc(C)c(=O)n(C)c2)nc2cc(N3CCOCC3)cc(F)c21. The number of hydrogen-bond donors (Lipinski definition) is 0. The molecule has 1 fully saturated rings. The van der Waals surface area contributed by atoms with Gasteiger partial charge in [-0.3, -0.25) is 4.79 Å². The van der Waals surface area contributed by atoms with Crippen molar-refractivity contribution in [1.82, 2.24) is 14.1 Å². The van der Waals surface area contributed by atoms with Crippen LogP contribution in [0.1, 0.15) is 11.6 Å². The molecule has 0 amide bonds. The maximum Gasteiger partial charge on any atom is 0.253 e. The maximum atomic E-state index is 15.6. The number of morpholine rings is 1. The third-order valence-electron chi connectivity index (χ3n) is 5.80. The maximum absolute atomic E-state index is 15.6. The number of ether oxygens (including phenoxy) is 3. The largest absolute Gasteiger partial charge is 0.382 e. The number of rotatable bonds is 7. The molecule has 8 nitrogen and oxygen atoms in total. The van der Waals surface area contributed by atoms with Gasteiger partial charge in [0, 0.05) is 57.4 Å². The molecular weight excluding hydrogens is 415 g/mol. The molecule has 3 heterocycles. The predicted octanol–water partition coefficient (Wildman–Crippen LogP) is 2.52. The van der Waals surface area contributed by atoms with E-state index < -0.39 is 0 Å². The van der Waals surface area contributed by atoms with Gasteiger partial charge in [-0.2, -0.15) is 0 Å². The van der Waals surface area contributed by atoms with Crippen LogP contribution >= 0.6 is 0 Å². The summed E-state index contributed by atoms with van der Waals surface area (Å²) in [5.74, 6) is 0.206. The zero-order valence-corrected chi connectivity index (χ0v) is 18.9. The molecule has 0 bridgehead atoms. The fraction of sp³-hybridized carbons (Fsp3) is 0.478. The highest BCUT2D eigenvalue weighted by Crippen LogP contribution is 2.33.